The van der Waals surface area contributed by atoms with Gasteiger partial charge in [0.2, 0.25) is 10.0 Å². The van der Waals surface area contributed by atoms with Crippen molar-refractivity contribution in [3.05, 3.63) is 0 Å². The van der Waals surface area contributed by atoms with Crippen LogP contribution in [-0.4, -0.2) is 61.8 Å². The van der Waals surface area contributed by atoms with Crippen LogP contribution in [0.4, 0.5) is 4.39 Å². The predicted molar refractivity (Wildman–Crippen MR) is 87.8 cm³/mol. The molecule has 0 heterocycles. The second-order valence-corrected chi connectivity index (χ2v) is 9.68. The largest absolute Gasteiger partial charge is 0.296 e. The highest BCUT2D eigenvalue weighted by molar-refractivity contribution is 7.88. The van der Waals surface area contributed by atoms with Crippen molar-refractivity contribution < 1.29 is 12.8 Å². The van der Waals surface area contributed by atoms with Crippen LogP contribution in [0.1, 0.15) is 48.5 Å². The van der Waals surface area contributed by atoms with E-state index in [0.717, 1.165) is 0 Å². The topological polar surface area (TPSA) is 40.6 Å². The summed E-state index contributed by atoms with van der Waals surface area (Å²) in [6.45, 7) is 14.9. The Balaban J connectivity index is 5.04. The van der Waals surface area contributed by atoms with Gasteiger partial charge in [0, 0.05) is 31.2 Å². The van der Waals surface area contributed by atoms with Gasteiger partial charge in [-0.3, -0.25) is 4.90 Å². The number of hydrogen-bond donors (Lipinski definition) is 0. The summed E-state index contributed by atoms with van der Waals surface area (Å²) in [4.78, 5) is 2.03. The molecule has 0 aliphatic rings. The fraction of sp³-hybridized carbons (Fsp3) is 1.00. The molecule has 0 aromatic rings. The Bertz CT molecular complexity index is 410. The number of rotatable bonds is 7. The van der Waals surface area contributed by atoms with Gasteiger partial charge in [-0.05, 0) is 33.1 Å². The molecule has 0 amide bonds. The van der Waals surface area contributed by atoms with E-state index in [-0.39, 0.29) is 11.5 Å². The van der Waals surface area contributed by atoms with E-state index >= 15 is 0 Å². The molecule has 0 aromatic carbocycles. The highest BCUT2D eigenvalue weighted by atomic mass is 32.2. The van der Waals surface area contributed by atoms with Gasteiger partial charge in [0.25, 0.3) is 0 Å². The molecule has 0 radical (unpaired) electrons. The predicted octanol–water partition coefficient (Wildman–Crippen LogP) is 2.75. The van der Waals surface area contributed by atoms with Crippen molar-refractivity contribution in [1.29, 1.82) is 0 Å². The maximum Gasteiger partial charge on any atom is 0.211 e. The van der Waals surface area contributed by atoms with Gasteiger partial charge in [-0.1, -0.05) is 20.8 Å². The lowest BCUT2D eigenvalue weighted by Gasteiger charge is -2.40. The van der Waals surface area contributed by atoms with Crippen LogP contribution in [0, 0.1) is 5.41 Å². The van der Waals surface area contributed by atoms with Crippen molar-refractivity contribution >= 4 is 10.0 Å². The Morgan fingerprint density at radius 2 is 1.48 bits per heavy atom. The Labute approximate surface area is 130 Å². The second-order valence-electron chi connectivity index (χ2n) is 7.77. The zero-order valence-corrected chi connectivity index (χ0v) is 15.7. The van der Waals surface area contributed by atoms with Crippen molar-refractivity contribution in [1.82, 2.24) is 9.21 Å². The lowest BCUT2D eigenvalue weighted by Crippen LogP contribution is -2.51. The zero-order valence-electron chi connectivity index (χ0n) is 14.9. The van der Waals surface area contributed by atoms with Crippen molar-refractivity contribution in [3.63, 3.8) is 0 Å². The lowest BCUT2D eigenvalue weighted by molar-refractivity contribution is 0.0925. The molecule has 0 N–H and O–H groups in total. The average Bonchev–Trinajstić information content (AvgIpc) is 2.21. The third-order valence-corrected chi connectivity index (χ3v) is 5.44. The summed E-state index contributed by atoms with van der Waals surface area (Å²) in [6, 6.07) is 0.176. The highest BCUT2D eigenvalue weighted by Crippen LogP contribution is 2.24. The molecule has 6 heteroatoms. The summed E-state index contributed by atoms with van der Waals surface area (Å²) in [6.07, 6.45) is 1.23. The summed E-state index contributed by atoms with van der Waals surface area (Å²) >= 11 is 0. The summed E-state index contributed by atoms with van der Waals surface area (Å²) in [5.41, 5.74) is -0.452. The maximum absolute atomic E-state index is 12.8. The van der Waals surface area contributed by atoms with E-state index in [1.165, 1.54) is 10.6 Å². The lowest BCUT2D eigenvalue weighted by atomic mass is 9.87. The van der Waals surface area contributed by atoms with Gasteiger partial charge in [-0.2, -0.15) is 4.31 Å². The number of alkyl halides is 1. The molecule has 0 spiro atoms. The van der Waals surface area contributed by atoms with Crippen molar-refractivity contribution in [2.75, 3.05) is 32.6 Å². The van der Waals surface area contributed by atoms with E-state index in [0.29, 0.717) is 19.6 Å². The number of nitrogens with zero attached hydrogens (tertiary/aromatic N) is 2. The van der Waals surface area contributed by atoms with Crippen LogP contribution in [0.2, 0.25) is 0 Å². The molecule has 21 heavy (non-hydrogen) atoms. The SMILES string of the molecule is C[C@H](N(CCF)CCN(C(C)(C)C)S(C)(=O)=O)C(C)(C)C. The van der Waals surface area contributed by atoms with Crippen LogP contribution in [0.5, 0.6) is 0 Å². The molecule has 0 aliphatic carbocycles. The minimum Gasteiger partial charge on any atom is -0.296 e. The average molecular weight is 325 g/mol. The van der Waals surface area contributed by atoms with E-state index < -0.39 is 22.2 Å². The maximum atomic E-state index is 12.8. The standard InChI is InChI=1S/C15H33FN2O2S/c1-13(14(2,3)4)17(10-9-16)11-12-18(15(5,6)7)21(8,19)20/h13H,9-12H2,1-8H3/t13-/m0/s1. The van der Waals surface area contributed by atoms with Gasteiger partial charge in [0.05, 0.1) is 6.26 Å². The first-order chi connectivity index (χ1) is 9.21. The molecule has 0 unspecified atom stereocenters. The van der Waals surface area contributed by atoms with Crippen molar-refractivity contribution in [2.45, 2.75) is 60.0 Å². The molecule has 4 nitrogen and oxygen atoms in total. The first-order valence-electron chi connectivity index (χ1n) is 7.49. The van der Waals surface area contributed by atoms with Crippen LogP contribution >= 0.6 is 0 Å². The Morgan fingerprint density at radius 1 is 1.00 bits per heavy atom. The summed E-state index contributed by atoms with van der Waals surface area (Å²) in [5.74, 6) is 0. The highest BCUT2D eigenvalue weighted by Gasteiger charge is 2.31. The van der Waals surface area contributed by atoms with E-state index in [2.05, 4.69) is 27.7 Å². The van der Waals surface area contributed by atoms with Gasteiger partial charge in [-0.25, -0.2) is 12.8 Å². The smallest absolute Gasteiger partial charge is 0.211 e. The van der Waals surface area contributed by atoms with Gasteiger partial charge < -0.3 is 0 Å². The normalized spacial score (nSPS) is 15.8. The molecular formula is C15H33FN2O2S. The number of hydrogen-bond acceptors (Lipinski definition) is 3. The van der Waals surface area contributed by atoms with E-state index in [1.807, 2.05) is 25.7 Å². The Hall–Kier alpha value is -0.200. The third kappa shape index (κ3) is 7.06. The summed E-state index contributed by atoms with van der Waals surface area (Å²) in [7, 11) is -3.28. The summed E-state index contributed by atoms with van der Waals surface area (Å²) in [5, 5.41) is 0. The van der Waals surface area contributed by atoms with Crippen LogP contribution in [0.15, 0.2) is 0 Å². The Morgan fingerprint density at radius 3 is 1.76 bits per heavy atom. The van der Waals surface area contributed by atoms with E-state index in [9.17, 15) is 12.8 Å². The summed E-state index contributed by atoms with van der Waals surface area (Å²) < 4.78 is 38.2. The molecule has 0 rings (SSSR count). The van der Waals surface area contributed by atoms with Crippen LogP contribution in [-0.2, 0) is 10.0 Å². The fourth-order valence-corrected chi connectivity index (χ4v) is 3.78. The monoisotopic (exact) mass is 324 g/mol. The van der Waals surface area contributed by atoms with Crippen molar-refractivity contribution in [2.24, 2.45) is 5.41 Å². The number of sulfonamides is 1. The molecular weight excluding hydrogens is 291 g/mol. The zero-order chi connectivity index (χ0) is 17.1. The molecule has 0 fully saturated rings. The Kier molecular flexibility index (Phi) is 7.31. The molecule has 0 saturated heterocycles. The van der Waals surface area contributed by atoms with E-state index in [4.69, 9.17) is 0 Å². The molecule has 0 bridgehead atoms. The van der Waals surface area contributed by atoms with Gasteiger partial charge in [0.15, 0.2) is 0 Å². The van der Waals surface area contributed by atoms with E-state index in [1.54, 1.807) is 0 Å². The molecule has 0 saturated carbocycles. The molecule has 0 aliphatic heterocycles. The van der Waals surface area contributed by atoms with Crippen LogP contribution < -0.4 is 0 Å². The quantitative estimate of drug-likeness (QED) is 0.723. The number of halogens is 1. The fourth-order valence-electron chi connectivity index (χ4n) is 2.37. The first kappa shape index (κ1) is 20.8. The minimum atomic E-state index is -3.28. The van der Waals surface area contributed by atoms with Crippen molar-refractivity contribution in [3.8, 4) is 0 Å². The van der Waals surface area contributed by atoms with Gasteiger partial charge in [0.1, 0.15) is 6.67 Å². The minimum absolute atomic E-state index is 0.0207. The first-order valence-corrected chi connectivity index (χ1v) is 9.34. The molecule has 128 valence electrons. The molecule has 1 atom stereocenters. The second kappa shape index (κ2) is 7.38. The van der Waals surface area contributed by atoms with Gasteiger partial charge >= 0.3 is 0 Å². The van der Waals surface area contributed by atoms with Gasteiger partial charge in [-0.15, -0.1) is 0 Å². The third-order valence-electron chi connectivity index (χ3n) is 3.91. The van der Waals surface area contributed by atoms with Crippen LogP contribution in [0.25, 0.3) is 0 Å². The molecule has 0 aromatic heterocycles. The van der Waals surface area contributed by atoms with Crippen LogP contribution in [0.3, 0.4) is 0 Å².